The molecule has 0 aliphatic heterocycles. The van der Waals surface area contributed by atoms with Crippen LogP contribution in [0.4, 0.5) is 0 Å². The van der Waals surface area contributed by atoms with E-state index < -0.39 is 0 Å². The van der Waals surface area contributed by atoms with Crippen LogP contribution in [0.2, 0.25) is 0 Å². The molecule has 0 aromatic carbocycles. The Morgan fingerprint density at radius 3 is 2.25 bits per heavy atom. The van der Waals surface area contributed by atoms with E-state index in [-0.39, 0.29) is 0 Å². The second-order valence-electron chi connectivity index (χ2n) is 0.558. The summed E-state index contributed by atoms with van der Waals surface area (Å²) in [5, 5.41) is 0. The van der Waals surface area contributed by atoms with Crippen molar-refractivity contribution in [3.63, 3.8) is 0 Å². The third kappa shape index (κ3) is 2.60. The van der Waals surface area contributed by atoms with Crippen molar-refractivity contribution in [3.05, 3.63) is 0 Å². The van der Waals surface area contributed by atoms with E-state index in [9.17, 15) is 0 Å². The summed E-state index contributed by atoms with van der Waals surface area (Å²) in [5.41, 5.74) is 0. The van der Waals surface area contributed by atoms with Gasteiger partial charge >= 0.3 is 36.3 Å². The van der Waals surface area contributed by atoms with Crippen LogP contribution in [0.5, 0.6) is 0 Å². The van der Waals surface area contributed by atoms with Crippen LogP contribution in [0.15, 0.2) is 0 Å². The molecule has 0 heterocycles. The molecule has 1 nitrogen and oxygen atoms in total. The molecule has 22 valence electrons. The van der Waals surface area contributed by atoms with Crippen LogP contribution in [0.1, 0.15) is 6.92 Å². The summed E-state index contributed by atoms with van der Waals surface area (Å²) in [6.45, 7) is 3.18. The SMILES string of the molecule is CC[NH][Ga]. The van der Waals surface area contributed by atoms with E-state index >= 15 is 0 Å². The van der Waals surface area contributed by atoms with Crippen molar-refractivity contribution in [1.29, 1.82) is 0 Å². The average Bonchev–Trinajstić information content (AvgIpc) is 1.37. The molecular formula is C2H6GaN. The quantitative estimate of drug-likeness (QED) is 0.460. The molecule has 2 radical (unpaired) electrons. The first-order valence-corrected chi connectivity index (χ1v) is 2.56. The van der Waals surface area contributed by atoms with Crippen LogP contribution in [0, 0.1) is 0 Å². The number of hydrogen-bond donors (Lipinski definition) is 1. The van der Waals surface area contributed by atoms with Crippen LogP contribution >= 0.6 is 0 Å². The standard InChI is InChI=1S/C2H6N.Ga/c1-2-3;/h3H,2H2,1H3;/q-1;+1. The fraction of sp³-hybridized carbons (Fsp3) is 1.00. The molecule has 0 amide bonds. The molecule has 0 rings (SSSR count). The summed E-state index contributed by atoms with van der Waals surface area (Å²) in [6, 6.07) is 0. The molecule has 0 bridgehead atoms. The van der Waals surface area contributed by atoms with Gasteiger partial charge in [-0.2, -0.15) is 0 Å². The normalized spacial score (nSPS) is 7.25. The number of nitrogens with one attached hydrogen (secondary N) is 1. The molecule has 0 unspecified atom stereocenters. The van der Waals surface area contributed by atoms with Gasteiger partial charge in [-0.3, -0.25) is 0 Å². The van der Waals surface area contributed by atoms with Crippen molar-refractivity contribution in [2.45, 2.75) is 6.92 Å². The van der Waals surface area contributed by atoms with Gasteiger partial charge in [-0.25, -0.2) is 0 Å². The van der Waals surface area contributed by atoms with Gasteiger partial charge in [-0.05, 0) is 0 Å². The third-order valence-corrected chi connectivity index (χ3v) is 1.06. The van der Waals surface area contributed by atoms with Crippen molar-refractivity contribution >= 4 is 18.8 Å². The fourth-order valence-corrected chi connectivity index (χ4v) is 0. The summed E-state index contributed by atoms with van der Waals surface area (Å²) in [4.78, 5) is 0. The van der Waals surface area contributed by atoms with Crippen molar-refractivity contribution in [2.75, 3.05) is 6.54 Å². The van der Waals surface area contributed by atoms with Crippen LogP contribution in [-0.4, -0.2) is 25.4 Å². The van der Waals surface area contributed by atoms with Crippen molar-refractivity contribution in [2.24, 2.45) is 0 Å². The second kappa shape index (κ2) is 3.60. The predicted octanol–water partition coefficient (Wildman–Crippen LogP) is -0.321. The minimum absolute atomic E-state index is 1.10. The monoisotopic (exact) mass is 113 g/mol. The maximum atomic E-state index is 2.99. The van der Waals surface area contributed by atoms with Crippen LogP contribution in [0.25, 0.3) is 0 Å². The Hall–Kier alpha value is 0.596. The summed E-state index contributed by atoms with van der Waals surface area (Å²) in [7, 11) is 0. The number of rotatable bonds is 1. The van der Waals surface area contributed by atoms with Gasteiger partial charge in [-0.15, -0.1) is 0 Å². The molecule has 1 N–H and O–H groups in total. The third-order valence-electron chi connectivity index (χ3n) is 0.204. The molecule has 0 fully saturated rings. The van der Waals surface area contributed by atoms with Crippen LogP contribution in [-0.2, 0) is 0 Å². The fourth-order valence-electron chi connectivity index (χ4n) is 0. The van der Waals surface area contributed by atoms with E-state index in [1.165, 1.54) is 0 Å². The Bertz CT molecular complexity index is 8.00. The Morgan fingerprint density at radius 2 is 2.25 bits per heavy atom. The Morgan fingerprint density at radius 1 is 2.00 bits per heavy atom. The molecule has 0 atom stereocenters. The predicted molar refractivity (Wildman–Crippen MR) is 19.4 cm³/mol. The molecule has 0 aromatic rings. The molecular weight excluding hydrogens is 108 g/mol. The first-order valence-electron chi connectivity index (χ1n) is 1.35. The van der Waals surface area contributed by atoms with E-state index in [2.05, 4.69) is 10.9 Å². The average molecular weight is 114 g/mol. The van der Waals surface area contributed by atoms with Gasteiger partial charge in [0.05, 0.1) is 0 Å². The zero-order valence-electron chi connectivity index (χ0n) is 2.78. The van der Waals surface area contributed by atoms with Gasteiger partial charge in [0, 0.05) is 0 Å². The van der Waals surface area contributed by atoms with Crippen molar-refractivity contribution in [3.8, 4) is 0 Å². The molecule has 0 aliphatic rings. The molecule has 4 heavy (non-hydrogen) atoms. The topological polar surface area (TPSA) is 12.0 Å². The second-order valence-corrected chi connectivity index (χ2v) is 1.41. The Balaban J connectivity index is 1.97. The summed E-state index contributed by atoms with van der Waals surface area (Å²) < 4.78 is 2.99. The van der Waals surface area contributed by atoms with Gasteiger partial charge < -0.3 is 0 Å². The van der Waals surface area contributed by atoms with E-state index in [4.69, 9.17) is 0 Å². The summed E-state index contributed by atoms with van der Waals surface area (Å²) in [5.74, 6) is 0. The summed E-state index contributed by atoms with van der Waals surface area (Å²) in [6.07, 6.45) is 0. The van der Waals surface area contributed by atoms with E-state index in [1.807, 2.05) is 0 Å². The number of hydrogen-bond acceptors (Lipinski definition) is 1. The Kier molecular flexibility index (Phi) is 4.13. The summed E-state index contributed by atoms with van der Waals surface area (Å²) >= 11 is 1.57. The van der Waals surface area contributed by atoms with E-state index in [1.54, 1.807) is 18.8 Å². The van der Waals surface area contributed by atoms with Gasteiger partial charge in [-0.1, -0.05) is 0 Å². The minimum atomic E-state index is 1.10. The van der Waals surface area contributed by atoms with Gasteiger partial charge in [0.2, 0.25) is 0 Å². The van der Waals surface area contributed by atoms with Gasteiger partial charge in [0.15, 0.2) is 0 Å². The van der Waals surface area contributed by atoms with Crippen molar-refractivity contribution < 1.29 is 0 Å². The molecule has 0 aromatic heterocycles. The van der Waals surface area contributed by atoms with E-state index in [0.29, 0.717) is 0 Å². The molecule has 0 spiro atoms. The van der Waals surface area contributed by atoms with Crippen LogP contribution < -0.4 is 4.02 Å². The molecule has 0 saturated carbocycles. The molecule has 2 heteroatoms. The van der Waals surface area contributed by atoms with Crippen LogP contribution in [0.3, 0.4) is 0 Å². The zero-order valence-corrected chi connectivity index (χ0v) is 5.21. The first kappa shape index (κ1) is 4.60. The van der Waals surface area contributed by atoms with Gasteiger partial charge in [0.25, 0.3) is 0 Å². The van der Waals surface area contributed by atoms with Gasteiger partial charge in [0.1, 0.15) is 0 Å². The van der Waals surface area contributed by atoms with Crippen molar-refractivity contribution in [1.82, 2.24) is 4.02 Å². The first-order chi connectivity index (χ1) is 1.91. The molecule has 0 aliphatic carbocycles. The Labute approximate surface area is 37.0 Å². The zero-order chi connectivity index (χ0) is 3.41. The maximum absolute atomic E-state index is 2.99. The molecule has 0 saturated heterocycles. The van der Waals surface area contributed by atoms with E-state index in [0.717, 1.165) is 6.54 Å².